The van der Waals surface area contributed by atoms with E-state index in [0.717, 1.165) is 57.4 Å². The fraction of sp³-hybridized carbons (Fsp3) is 0.516. The van der Waals surface area contributed by atoms with Crippen LogP contribution in [-0.4, -0.2) is 74.0 Å². The summed E-state index contributed by atoms with van der Waals surface area (Å²) < 4.78 is 12.8. The highest BCUT2D eigenvalue weighted by Crippen LogP contribution is 2.33. The number of halogens is 1. The number of nitrogens with one attached hydrogen (secondary N) is 1. The Bertz CT molecular complexity index is 1310. The first-order chi connectivity index (χ1) is 19.5. The van der Waals surface area contributed by atoms with Crippen LogP contribution in [0.15, 0.2) is 47.8 Å². The molecule has 0 bridgehead atoms. The van der Waals surface area contributed by atoms with Gasteiger partial charge >= 0.3 is 0 Å². The maximum absolute atomic E-state index is 13.5. The zero-order valence-corrected chi connectivity index (χ0v) is 24.3. The summed E-state index contributed by atoms with van der Waals surface area (Å²) in [4.78, 5) is 18.2. The number of amides is 1. The Morgan fingerprint density at radius 3 is 2.73 bits per heavy atom. The normalized spacial score (nSPS) is 22.1. The van der Waals surface area contributed by atoms with E-state index in [-0.39, 0.29) is 17.9 Å². The largest absolute Gasteiger partial charge is 0.489 e. The van der Waals surface area contributed by atoms with Crippen LogP contribution in [0.1, 0.15) is 43.8 Å². The second kappa shape index (κ2) is 12.7. The van der Waals surface area contributed by atoms with E-state index in [4.69, 9.17) is 21.1 Å². The van der Waals surface area contributed by atoms with Gasteiger partial charge in [0.05, 0.1) is 30.2 Å². The highest BCUT2D eigenvalue weighted by Gasteiger charge is 2.33. The molecule has 2 N–H and O–H groups in total. The van der Waals surface area contributed by atoms with Gasteiger partial charge in [-0.15, -0.1) is 11.3 Å². The molecule has 0 radical (unpaired) electrons. The molecule has 6 rings (SSSR count). The Kier molecular flexibility index (Phi) is 8.79. The zero-order valence-electron chi connectivity index (χ0n) is 22.8. The first kappa shape index (κ1) is 27.8. The summed E-state index contributed by atoms with van der Waals surface area (Å²) >= 11 is 8.35. The fourth-order valence-electron chi connectivity index (χ4n) is 6.12. The smallest absolute Gasteiger partial charge is 0.225 e. The fourth-order valence-corrected chi connectivity index (χ4v) is 7.18. The van der Waals surface area contributed by atoms with Crippen molar-refractivity contribution in [3.63, 3.8) is 0 Å². The second-order valence-electron chi connectivity index (χ2n) is 11.3. The number of nitrogens with zero attached hydrogens (tertiary/aromatic N) is 2. The minimum absolute atomic E-state index is 0.00789. The third-order valence-corrected chi connectivity index (χ3v) is 9.66. The van der Waals surface area contributed by atoms with Crippen LogP contribution in [0.25, 0.3) is 10.1 Å². The molecule has 0 spiro atoms. The number of hydrogen-bond donors (Lipinski definition) is 2. The van der Waals surface area contributed by atoms with Crippen molar-refractivity contribution in [1.29, 1.82) is 0 Å². The molecule has 0 aliphatic carbocycles. The van der Waals surface area contributed by atoms with E-state index in [1.54, 1.807) is 17.4 Å². The number of anilines is 1. The van der Waals surface area contributed by atoms with Crippen molar-refractivity contribution >= 4 is 44.6 Å². The summed E-state index contributed by atoms with van der Waals surface area (Å²) in [6.07, 6.45) is 3.98. The molecule has 3 aliphatic heterocycles. The number of fused-ring (bicyclic) bond motifs is 1. The summed E-state index contributed by atoms with van der Waals surface area (Å²) in [5.74, 6) is 0.510. The first-order valence-electron chi connectivity index (χ1n) is 14.5. The summed E-state index contributed by atoms with van der Waals surface area (Å²) in [5, 5.41) is 18.6. The number of ether oxygens (including phenoxy) is 2. The van der Waals surface area contributed by atoms with Crippen LogP contribution in [-0.2, 0) is 9.53 Å². The van der Waals surface area contributed by atoms with Crippen molar-refractivity contribution in [2.45, 2.75) is 50.4 Å². The molecule has 3 aromatic rings. The van der Waals surface area contributed by atoms with Crippen LogP contribution >= 0.6 is 22.9 Å². The van der Waals surface area contributed by atoms with Crippen LogP contribution in [0.3, 0.4) is 0 Å². The van der Waals surface area contributed by atoms with Gasteiger partial charge in [0, 0.05) is 42.9 Å². The third-order valence-electron chi connectivity index (χ3n) is 8.49. The lowest BCUT2D eigenvalue weighted by atomic mass is 9.99. The molecule has 3 atom stereocenters. The summed E-state index contributed by atoms with van der Waals surface area (Å²) in [7, 11) is 0. The molecule has 9 heteroatoms. The van der Waals surface area contributed by atoms with E-state index < -0.39 is 12.1 Å². The predicted octanol–water partition coefficient (Wildman–Crippen LogP) is 5.25. The van der Waals surface area contributed by atoms with Crippen LogP contribution in [0, 0.1) is 5.92 Å². The number of aliphatic hydroxyl groups is 1. The van der Waals surface area contributed by atoms with Crippen molar-refractivity contribution in [2.75, 3.05) is 50.8 Å². The van der Waals surface area contributed by atoms with E-state index >= 15 is 0 Å². The van der Waals surface area contributed by atoms with Crippen molar-refractivity contribution in [3.05, 3.63) is 58.4 Å². The Morgan fingerprint density at radius 2 is 1.93 bits per heavy atom. The highest BCUT2D eigenvalue weighted by molar-refractivity contribution is 7.17. The lowest BCUT2D eigenvalue weighted by Crippen LogP contribution is -2.48. The molecule has 0 saturated carbocycles. The van der Waals surface area contributed by atoms with Crippen molar-refractivity contribution in [1.82, 2.24) is 10.2 Å². The molecule has 7 nitrogen and oxygen atoms in total. The molecule has 3 unspecified atom stereocenters. The number of rotatable bonds is 9. The molecule has 1 aromatic heterocycles. The minimum Gasteiger partial charge on any atom is -0.489 e. The van der Waals surface area contributed by atoms with Crippen LogP contribution in [0.5, 0.6) is 5.75 Å². The highest BCUT2D eigenvalue weighted by atomic mass is 35.5. The van der Waals surface area contributed by atoms with Gasteiger partial charge in [0.25, 0.3) is 0 Å². The Balaban J connectivity index is 1.12. The number of likely N-dealkylation sites (tertiary alicyclic amines) is 1. The lowest BCUT2D eigenvalue weighted by molar-refractivity contribution is -0.126. The van der Waals surface area contributed by atoms with E-state index in [0.29, 0.717) is 42.6 Å². The van der Waals surface area contributed by atoms with Gasteiger partial charge in [0.1, 0.15) is 18.0 Å². The quantitative estimate of drug-likeness (QED) is 0.358. The summed E-state index contributed by atoms with van der Waals surface area (Å²) in [5.41, 5.74) is 1.85. The molecule has 4 heterocycles. The predicted molar refractivity (Wildman–Crippen MR) is 161 cm³/mol. The van der Waals surface area contributed by atoms with E-state index in [2.05, 4.69) is 44.8 Å². The maximum Gasteiger partial charge on any atom is 0.225 e. The lowest BCUT2D eigenvalue weighted by Gasteiger charge is -2.30. The number of aliphatic hydroxyl groups excluding tert-OH is 1. The zero-order chi connectivity index (χ0) is 27.5. The minimum atomic E-state index is -0.877. The van der Waals surface area contributed by atoms with Gasteiger partial charge in [-0.25, -0.2) is 0 Å². The van der Waals surface area contributed by atoms with Gasteiger partial charge in [0.15, 0.2) is 0 Å². The number of carbonyl (C=O) groups excluding carboxylic acids is 1. The Labute approximate surface area is 245 Å². The number of benzene rings is 2. The molecule has 3 aliphatic rings. The maximum atomic E-state index is 13.5. The Morgan fingerprint density at radius 1 is 1.10 bits per heavy atom. The van der Waals surface area contributed by atoms with Crippen LogP contribution in [0.4, 0.5) is 5.69 Å². The summed E-state index contributed by atoms with van der Waals surface area (Å²) in [6.45, 7) is 5.49. The molecule has 3 saturated heterocycles. The van der Waals surface area contributed by atoms with E-state index in [1.165, 1.54) is 10.1 Å². The van der Waals surface area contributed by atoms with Gasteiger partial charge in [0.2, 0.25) is 5.91 Å². The number of thiophene rings is 1. The van der Waals surface area contributed by atoms with Crippen LogP contribution < -0.4 is 15.0 Å². The molecule has 3 fully saturated rings. The van der Waals surface area contributed by atoms with Crippen LogP contribution in [0.2, 0.25) is 5.02 Å². The topological polar surface area (TPSA) is 74.3 Å². The van der Waals surface area contributed by atoms with E-state index in [1.807, 2.05) is 12.1 Å². The number of hydrogen-bond acceptors (Lipinski definition) is 7. The molecule has 1 amide bonds. The van der Waals surface area contributed by atoms with Gasteiger partial charge in [-0.05, 0) is 79.0 Å². The van der Waals surface area contributed by atoms with Gasteiger partial charge < -0.3 is 29.7 Å². The molecule has 40 heavy (non-hydrogen) atoms. The standard InChI is InChI=1S/C31H38ClN3O4S/c32-26-17-22(4-6-28(26)39-25-8-14-38-15-9-25)30(36)27(20-34-11-1-2-12-34)33-31(37)23-7-13-35(19-23)24-5-3-21-10-16-40-29(21)18-24/h3-6,10,16-18,23,25,27,30,36H,1-2,7-9,11-15,19-20H2,(H,33,37). The van der Waals surface area contributed by atoms with Crippen molar-refractivity contribution < 1.29 is 19.4 Å². The number of carbonyl (C=O) groups is 1. The SMILES string of the molecule is O=C(NC(CN1CCCC1)C(O)c1ccc(OC2CCOCC2)c(Cl)c1)C1CCN(c2ccc3ccsc3c2)C1. The van der Waals surface area contributed by atoms with Gasteiger partial charge in [-0.2, -0.15) is 0 Å². The summed E-state index contributed by atoms with van der Waals surface area (Å²) in [6, 6.07) is 13.7. The average molecular weight is 584 g/mol. The first-order valence-corrected chi connectivity index (χ1v) is 15.8. The van der Waals surface area contributed by atoms with Crippen molar-refractivity contribution in [3.8, 4) is 5.75 Å². The van der Waals surface area contributed by atoms with Crippen molar-refractivity contribution in [2.24, 2.45) is 5.92 Å². The third kappa shape index (κ3) is 6.42. The van der Waals surface area contributed by atoms with Gasteiger partial charge in [-0.3, -0.25) is 4.79 Å². The second-order valence-corrected chi connectivity index (χ2v) is 12.6. The Hall–Kier alpha value is -2.36. The molecular formula is C31H38ClN3O4S. The molecule has 214 valence electrons. The van der Waals surface area contributed by atoms with Gasteiger partial charge in [-0.1, -0.05) is 23.7 Å². The monoisotopic (exact) mass is 583 g/mol. The van der Waals surface area contributed by atoms with E-state index in [9.17, 15) is 9.90 Å². The molecular weight excluding hydrogens is 546 g/mol. The molecule has 2 aromatic carbocycles. The average Bonchev–Trinajstić information content (AvgIpc) is 3.76.